The van der Waals surface area contributed by atoms with Gasteiger partial charge in [-0.1, -0.05) is 6.07 Å². The number of hydrogen-bond acceptors (Lipinski definition) is 19. The number of rotatable bonds is 12. The summed E-state index contributed by atoms with van der Waals surface area (Å²) in [6, 6.07) is 22.6. The average Bonchev–Trinajstić information content (AvgIpc) is 3.72. The Kier molecular flexibility index (Phi) is 11.6. The van der Waals surface area contributed by atoms with Crippen LogP contribution in [0.1, 0.15) is 0 Å². The van der Waals surface area contributed by atoms with E-state index in [0.29, 0.717) is 23.1 Å². The molecule has 0 saturated heterocycles. The lowest BCUT2D eigenvalue weighted by molar-refractivity contribution is 0.413. The molecule has 342 valence electrons. The van der Waals surface area contributed by atoms with Gasteiger partial charge in [0.15, 0.2) is 5.75 Å². The van der Waals surface area contributed by atoms with E-state index in [-0.39, 0.29) is 60.3 Å². The molecule has 67 heavy (non-hydrogen) atoms. The molecule has 0 spiro atoms. The van der Waals surface area contributed by atoms with Crippen LogP contribution in [0.4, 0.5) is 34.1 Å². The number of azo groups is 3. The molecule has 6 N–H and O–H groups in total. The van der Waals surface area contributed by atoms with Gasteiger partial charge in [-0.05, 0) is 96.4 Å². The Bertz CT molecular complexity index is 3920. The third kappa shape index (κ3) is 9.52. The van der Waals surface area contributed by atoms with Gasteiger partial charge in [-0.25, -0.2) is 0 Å². The predicted octanol–water partition coefficient (Wildman–Crippen LogP) is 8.38. The molecule has 8 rings (SSSR count). The molecule has 1 heterocycles. The highest BCUT2D eigenvalue weighted by Gasteiger charge is 2.25. The lowest BCUT2D eigenvalue weighted by Crippen LogP contribution is -2.04. The van der Waals surface area contributed by atoms with Gasteiger partial charge in [-0.2, -0.15) is 53.8 Å². The number of methoxy groups -OCH3 is 1. The monoisotopic (exact) mass is 989 g/mol. The van der Waals surface area contributed by atoms with Crippen molar-refractivity contribution in [3.05, 3.63) is 109 Å². The van der Waals surface area contributed by atoms with Crippen molar-refractivity contribution >= 4 is 107 Å². The standard InChI is InChI=1S/C39H27N9O15S4/c1-63-34-19-31(33(49)18-32(34)44-42-22-4-2-21(3-5-22)40-41-23-6-9-25(10-7-23)64(51,52)53)43-45-38-36(67(60,61)62)15-20-14-24(8-11-27(20)39(38)50)48-46-30-13-12-28-29(37(30)47-48)16-26(65(54,55)56)17-35(28)66(57,58)59/h2-19,49-50H,1H3,(H,51,52,53)(H,54,55,56)(H,57,58,59)(H,60,61,62). The summed E-state index contributed by atoms with van der Waals surface area (Å²) in [4.78, 5) is -1.87. The highest BCUT2D eigenvalue weighted by Crippen LogP contribution is 2.45. The van der Waals surface area contributed by atoms with Crippen LogP contribution in [0.2, 0.25) is 0 Å². The largest absolute Gasteiger partial charge is 0.506 e. The van der Waals surface area contributed by atoms with Gasteiger partial charge in [0.05, 0.1) is 39.7 Å². The number of benzene rings is 7. The molecule has 0 fully saturated rings. The summed E-state index contributed by atoms with van der Waals surface area (Å²) in [6.07, 6.45) is 0. The normalized spacial score (nSPS) is 13.0. The van der Waals surface area contributed by atoms with Gasteiger partial charge in [0.1, 0.15) is 49.4 Å². The van der Waals surface area contributed by atoms with Crippen LogP contribution in [0, 0.1) is 0 Å². The molecule has 0 bridgehead atoms. The third-order valence-electron chi connectivity index (χ3n) is 9.61. The molecule has 0 aliphatic carbocycles. The summed E-state index contributed by atoms with van der Waals surface area (Å²) < 4.78 is 140. The summed E-state index contributed by atoms with van der Waals surface area (Å²) >= 11 is 0. The predicted molar refractivity (Wildman–Crippen MR) is 235 cm³/mol. The fraction of sp³-hybridized carbons (Fsp3) is 0.0256. The minimum absolute atomic E-state index is 0.000269. The first-order chi connectivity index (χ1) is 31.5. The van der Waals surface area contributed by atoms with Crippen molar-refractivity contribution < 1.29 is 66.8 Å². The Morgan fingerprint density at radius 1 is 0.507 bits per heavy atom. The van der Waals surface area contributed by atoms with E-state index in [2.05, 4.69) is 40.9 Å². The molecule has 0 aliphatic rings. The zero-order valence-electron chi connectivity index (χ0n) is 33.4. The summed E-state index contributed by atoms with van der Waals surface area (Å²) in [7, 11) is -18.2. The molecule has 1 aromatic heterocycles. The molecular weight excluding hydrogens is 963 g/mol. The van der Waals surface area contributed by atoms with Crippen LogP contribution in [-0.4, -0.2) is 84.2 Å². The van der Waals surface area contributed by atoms with Crippen LogP contribution < -0.4 is 4.74 Å². The maximum atomic E-state index is 12.7. The molecule has 7 aromatic carbocycles. The molecular formula is C39H27N9O15S4. The van der Waals surface area contributed by atoms with Crippen LogP contribution in [0.3, 0.4) is 0 Å². The topological polar surface area (TPSA) is 372 Å². The highest BCUT2D eigenvalue weighted by molar-refractivity contribution is 7.87. The first-order valence-electron chi connectivity index (χ1n) is 18.4. The smallest absolute Gasteiger partial charge is 0.296 e. The molecule has 0 radical (unpaired) electrons. The Hall–Kier alpha value is -7.70. The summed E-state index contributed by atoms with van der Waals surface area (Å²) in [6.45, 7) is 0. The number of fused-ring (bicyclic) bond motifs is 4. The molecule has 24 nitrogen and oxygen atoms in total. The van der Waals surface area contributed by atoms with E-state index in [4.69, 9.17) is 9.29 Å². The zero-order valence-corrected chi connectivity index (χ0v) is 36.7. The minimum Gasteiger partial charge on any atom is -0.506 e. The quantitative estimate of drug-likeness (QED) is 0.0494. The van der Waals surface area contributed by atoms with Crippen molar-refractivity contribution in [3.63, 3.8) is 0 Å². The maximum absolute atomic E-state index is 12.7. The van der Waals surface area contributed by atoms with Gasteiger partial charge in [0.25, 0.3) is 40.5 Å². The SMILES string of the molecule is COc1cc(N=Nc2c(S(=O)(=O)O)cc3cc(-n4nc5ccc6c(S(=O)(=O)O)cc(S(=O)(=O)O)cc6c5n4)ccc3c2O)c(O)cc1N=Nc1ccc(N=Nc2ccc(S(=O)(=O)O)cc2)cc1. The van der Waals surface area contributed by atoms with Gasteiger partial charge < -0.3 is 14.9 Å². The van der Waals surface area contributed by atoms with Gasteiger partial charge in [0.2, 0.25) is 0 Å². The second-order valence-electron chi connectivity index (χ2n) is 13.9. The lowest BCUT2D eigenvalue weighted by atomic mass is 10.1. The first kappa shape index (κ1) is 45.9. The van der Waals surface area contributed by atoms with E-state index in [1.165, 1.54) is 67.8 Å². The minimum atomic E-state index is -5.14. The van der Waals surface area contributed by atoms with Crippen molar-refractivity contribution in [2.75, 3.05) is 7.11 Å². The number of aromatic hydroxyl groups is 2. The summed E-state index contributed by atoms with van der Waals surface area (Å²) in [5, 5.41) is 54.6. The van der Waals surface area contributed by atoms with E-state index in [1.54, 1.807) is 24.3 Å². The average molecular weight is 990 g/mol. The van der Waals surface area contributed by atoms with Crippen molar-refractivity contribution in [1.29, 1.82) is 0 Å². The van der Waals surface area contributed by atoms with E-state index in [0.717, 1.165) is 23.0 Å². The summed E-state index contributed by atoms with van der Waals surface area (Å²) in [5.41, 5.74) is 0.229. The Balaban J connectivity index is 1.07. The lowest BCUT2D eigenvalue weighted by Gasteiger charge is -2.10. The van der Waals surface area contributed by atoms with Crippen molar-refractivity contribution in [2.45, 2.75) is 19.6 Å². The Morgan fingerprint density at radius 2 is 1.07 bits per heavy atom. The Labute approximate surface area is 376 Å². The van der Waals surface area contributed by atoms with Gasteiger partial charge in [0, 0.05) is 28.3 Å². The van der Waals surface area contributed by atoms with E-state index < -0.39 is 72.3 Å². The van der Waals surface area contributed by atoms with Crippen LogP contribution in [0.5, 0.6) is 17.2 Å². The van der Waals surface area contributed by atoms with E-state index in [9.17, 15) is 57.5 Å². The molecule has 0 atom stereocenters. The molecule has 0 unspecified atom stereocenters. The van der Waals surface area contributed by atoms with Crippen molar-refractivity contribution in [3.8, 4) is 22.9 Å². The van der Waals surface area contributed by atoms with Crippen LogP contribution in [0.15, 0.2) is 159 Å². The number of phenols is 2. The number of phenolic OH excluding ortho intramolecular Hbond substituents is 2. The fourth-order valence-electron chi connectivity index (χ4n) is 6.46. The van der Waals surface area contributed by atoms with Gasteiger partial charge >= 0.3 is 0 Å². The van der Waals surface area contributed by atoms with Gasteiger partial charge in [-0.15, -0.1) is 25.5 Å². The Morgan fingerprint density at radius 3 is 1.66 bits per heavy atom. The van der Waals surface area contributed by atoms with E-state index in [1.807, 2.05) is 0 Å². The van der Waals surface area contributed by atoms with Crippen molar-refractivity contribution in [1.82, 2.24) is 15.0 Å². The maximum Gasteiger partial charge on any atom is 0.296 e. The fourth-order valence-corrected chi connectivity index (χ4v) is 8.94. The second-order valence-corrected chi connectivity index (χ2v) is 19.6. The van der Waals surface area contributed by atoms with Crippen LogP contribution in [-0.2, 0) is 40.5 Å². The molecule has 0 saturated carbocycles. The molecule has 8 aromatic rings. The van der Waals surface area contributed by atoms with E-state index >= 15 is 0 Å². The molecule has 28 heteroatoms. The van der Waals surface area contributed by atoms with Gasteiger partial charge in [-0.3, -0.25) is 18.2 Å². The van der Waals surface area contributed by atoms with Crippen LogP contribution >= 0.6 is 0 Å². The summed E-state index contributed by atoms with van der Waals surface area (Å²) in [5.74, 6) is -1.27. The zero-order chi connectivity index (χ0) is 48.2. The third-order valence-corrected chi connectivity index (χ3v) is 13.1. The van der Waals surface area contributed by atoms with Crippen LogP contribution in [0.25, 0.3) is 38.3 Å². The van der Waals surface area contributed by atoms with Crippen molar-refractivity contribution in [2.24, 2.45) is 30.7 Å². The number of ether oxygens (including phenoxy) is 1. The number of aromatic nitrogens is 3. The molecule has 0 aliphatic heterocycles. The number of nitrogens with zero attached hydrogens (tertiary/aromatic N) is 9. The highest BCUT2D eigenvalue weighted by atomic mass is 32.2. The number of hydrogen-bond donors (Lipinski definition) is 6. The molecule has 0 amide bonds. The second kappa shape index (κ2) is 16.9. The first-order valence-corrected chi connectivity index (χ1v) is 24.1.